The van der Waals surface area contributed by atoms with Gasteiger partial charge in [-0.25, -0.2) is 4.98 Å². The van der Waals surface area contributed by atoms with Gasteiger partial charge in [0.05, 0.1) is 11.2 Å². The van der Waals surface area contributed by atoms with Gasteiger partial charge < -0.3 is 20.6 Å². The summed E-state index contributed by atoms with van der Waals surface area (Å²) in [4.78, 5) is 23.6. The molecule has 2 aliphatic heterocycles. The van der Waals surface area contributed by atoms with Crippen molar-refractivity contribution in [3.8, 4) is 11.1 Å². The molecule has 2 aliphatic rings. The molecule has 1 atom stereocenters. The standard InChI is InChI=1S/C26H29N5O2/c1-26(2,33)18-4-3-13-31(16-18)20-7-5-19(6-8-20)30-24-23-22(15-29-25(23)32)21(14-28-24)17-9-11-27-12-10-17/h5-12,14,18,33H,3-4,13,15-16H2,1-2H3,(H,28,30)(H,29,32)/t18-/m1/s1. The van der Waals surface area contributed by atoms with Crippen LogP contribution < -0.4 is 15.5 Å². The van der Waals surface area contributed by atoms with Gasteiger partial charge in [0.15, 0.2) is 0 Å². The summed E-state index contributed by atoms with van der Waals surface area (Å²) >= 11 is 0. The number of hydrogen-bond acceptors (Lipinski definition) is 6. The van der Waals surface area contributed by atoms with Crippen molar-refractivity contribution in [2.75, 3.05) is 23.3 Å². The molecule has 0 saturated carbocycles. The Balaban J connectivity index is 1.37. The normalized spacial score (nSPS) is 18.1. The van der Waals surface area contributed by atoms with Crippen LogP contribution in [-0.4, -0.2) is 39.7 Å². The first-order valence-electron chi connectivity index (χ1n) is 11.4. The van der Waals surface area contributed by atoms with E-state index in [1.807, 2.05) is 44.3 Å². The molecule has 7 nitrogen and oxygen atoms in total. The van der Waals surface area contributed by atoms with E-state index in [2.05, 4.69) is 37.6 Å². The molecule has 1 aromatic carbocycles. The van der Waals surface area contributed by atoms with Crippen LogP contribution >= 0.6 is 0 Å². The third kappa shape index (κ3) is 4.28. The third-order valence-electron chi connectivity index (χ3n) is 6.75. The quantitative estimate of drug-likeness (QED) is 0.550. The number of pyridine rings is 2. The average Bonchev–Trinajstić information content (AvgIpc) is 3.22. The first-order valence-corrected chi connectivity index (χ1v) is 11.4. The Morgan fingerprint density at radius 2 is 1.91 bits per heavy atom. The molecule has 3 N–H and O–H groups in total. The lowest BCUT2D eigenvalue weighted by atomic mass is 9.84. The van der Waals surface area contributed by atoms with Gasteiger partial charge in [-0.1, -0.05) is 0 Å². The van der Waals surface area contributed by atoms with Crippen LogP contribution in [0, 0.1) is 5.92 Å². The Morgan fingerprint density at radius 1 is 1.15 bits per heavy atom. The zero-order valence-electron chi connectivity index (χ0n) is 19.0. The maximum absolute atomic E-state index is 12.6. The Morgan fingerprint density at radius 3 is 2.64 bits per heavy atom. The van der Waals surface area contributed by atoms with E-state index in [1.165, 1.54) is 0 Å². The largest absolute Gasteiger partial charge is 0.390 e. The minimum Gasteiger partial charge on any atom is -0.390 e. The van der Waals surface area contributed by atoms with Crippen molar-refractivity contribution in [2.24, 2.45) is 5.92 Å². The second-order valence-electron chi connectivity index (χ2n) is 9.40. The molecule has 0 bridgehead atoms. The zero-order valence-corrected chi connectivity index (χ0v) is 19.0. The van der Waals surface area contributed by atoms with Gasteiger partial charge in [0.25, 0.3) is 5.91 Å². The molecule has 0 unspecified atom stereocenters. The highest BCUT2D eigenvalue weighted by atomic mass is 16.3. The van der Waals surface area contributed by atoms with Gasteiger partial charge in [-0.05, 0) is 74.2 Å². The number of carbonyl (C=O) groups excluding carboxylic acids is 1. The van der Waals surface area contributed by atoms with Gasteiger partial charge in [-0.15, -0.1) is 0 Å². The monoisotopic (exact) mass is 443 g/mol. The van der Waals surface area contributed by atoms with E-state index in [0.29, 0.717) is 17.9 Å². The first-order chi connectivity index (χ1) is 15.9. The molecule has 4 heterocycles. The third-order valence-corrected chi connectivity index (χ3v) is 6.75. The Hall–Kier alpha value is -3.45. The molecule has 0 radical (unpaired) electrons. The number of aromatic nitrogens is 2. The fraction of sp³-hybridized carbons (Fsp3) is 0.346. The van der Waals surface area contributed by atoms with Crippen molar-refractivity contribution in [1.29, 1.82) is 0 Å². The van der Waals surface area contributed by atoms with Crippen LogP contribution in [0.3, 0.4) is 0 Å². The summed E-state index contributed by atoms with van der Waals surface area (Å²) in [7, 11) is 0. The van der Waals surface area contributed by atoms with Crippen molar-refractivity contribution < 1.29 is 9.90 Å². The molecule has 1 fully saturated rings. The number of rotatable bonds is 5. The molecule has 2 aromatic heterocycles. The van der Waals surface area contributed by atoms with E-state index in [1.54, 1.807) is 12.4 Å². The predicted molar refractivity (Wildman–Crippen MR) is 130 cm³/mol. The van der Waals surface area contributed by atoms with Gasteiger partial charge in [-0.2, -0.15) is 0 Å². The Labute approximate surface area is 193 Å². The van der Waals surface area contributed by atoms with Crippen molar-refractivity contribution in [1.82, 2.24) is 15.3 Å². The summed E-state index contributed by atoms with van der Waals surface area (Å²) in [6.45, 7) is 6.12. The average molecular weight is 444 g/mol. The van der Waals surface area contributed by atoms with Crippen molar-refractivity contribution in [2.45, 2.75) is 38.8 Å². The summed E-state index contributed by atoms with van der Waals surface area (Å²) in [5.41, 5.74) is 4.82. The number of carbonyl (C=O) groups is 1. The number of anilines is 3. The first kappa shape index (κ1) is 21.4. The number of nitrogens with one attached hydrogen (secondary N) is 2. The lowest BCUT2D eigenvalue weighted by Gasteiger charge is -2.39. The predicted octanol–water partition coefficient (Wildman–Crippen LogP) is 4.12. The molecule has 1 amide bonds. The Kier molecular flexibility index (Phi) is 5.50. The number of hydrogen-bond donors (Lipinski definition) is 3. The van der Waals surface area contributed by atoms with E-state index < -0.39 is 5.60 Å². The minimum atomic E-state index is -0.671. The highest BCUT2D eigenvalue weighted by Gasteiger charge is 2.31. The zero-order chi connectivity index (χ0) is 23.0. The van der Waals surface area contributed by atoms with E-state index in [0.717, 1.165) is 54.0 Å². The molecular weight excluding hydrogens is 414 g/mol. The summed E-state index contributed by atoms with van der Waals surface area (Å²) in [6, 6.07) is 12.0. The van der Waals surface area contributed by atoms with Crippen molar-refractivity contribution >= 4 is 23.1 Å². The topological polar surface area (TPSA) is 90.4 Å². The summed E-state index contributed by atoms with van der Waals surface area (Å²) in [5, 5.41) is 16.7. The van der Waals surface area contributed by atoms with Crippen molar-refractivity contribution in [3.63, 3.8) is 0 Å². The smallest absolute Gasteiger partial charge is 0.255 e. The maximum Gasteiger partial charge on any atom is 0.255 e. The van der Waals surface area contributed by atoms with Gasteiger partial charge in [0, 0.05) is 61.1 Å². The number of benzene rings is 1. The Bertz CT molecular complexity index is 1160. The van der Waals surface area contributed by atoms with E-state index >= 15 is 0 Å². The number of amides is 1. The van der Waals surface area contributed by atoms with Crippen LogP contribution in [0.5, 0.6) is 0 Å². The molecule has 0 spiro atoms. The SMILES string of the molecule is CC(C)(O)[C@@H]1CCCN(c2ccc(Nc3ncc(-c4ccncc4)c4c3C(=O)NC4)cc2)C1. The second kappa shape index (κ2) is 8.48. The highest BCUT2D eigenvalue weighted by molar-refractivity contribution is 6.05. The van der Waals surface area contributed by atoms with Gasteiger partial charge >= 0.3 is 0 Å². The molecular formula is C26H29N5O2. The van der Waals surface area contributed by atoms with Crippen LogP contribution in [0.1, 0.15) is 42.6 Å². The summed E-state index contributed by atoms with van der Waals surface area (Å²) in [5.74, 6) is 0.706. The lowest BCUT2D eigenvalue weighted by Crippen LogP contribution is -2.44. The fourth-order valence-electron chi connectivity index (χ4n) is 4.79. The second-order valence-corrected chi connectivity index (χ2v) is 9.40. The lowest BCUT2D eigenvalue weighted by molar-refractivity contribution is 0.0110. The highest BCUT2D eigenvalue weighted by Crippen LogP contribution is 2.34. The summed E-state index contributed by atoms with van der Waals surface area (Å²) < 4.78 is 0. The molecule has 170 valence electrons. The fourth-order valence-corrected chi connectivity index (χ4v) is 4.79. The van der Waals surface area contributed by atoms with Crippen LogP contribution in [0.25, 0.3) is 11.1 Å². The van der Waals surface area contributed by atoms with E-state index in [-0.39, 0.29) is 11.8 Å². The molecule has 3 aromatic rings. The van der Waals surface area contributed by atoms with Crippen LogP contribution in [0.2, 0.25) is 0 Å². The molecule has 7 heteroatoms. The number of fused-ring (bicyclic) bond motifs is 1. The summed E-state index contributed by atoms with van der Waals surface area (Å²) in [6.07, 6.45) is 7.42. The molecule has 1 saturated heterocycles. The van der Waals surface area contributed by atoms with Crippen LogP contribution in [0.4, 0.5) is 17.2 Å². The number of nitrogens with zero attached hydrogens (tertiary/aromatic N) is 3. The van der Waals surface area contributed by atoms with Gasteiger partial charge in [0.1, 0.15) is 5.82 Å². The van der Waals surface area contributed by atoms with Crippen LogP contribution in [0.15, 0.2) is 55.0 Å². The molecule has 0 aliphatic carbocycles. The maximum atomic E-state index is 12.6. The molecule has 5 rings (SSSR count). The minimum absolute atomic E-state index is 0.112. The van der Waals surface area contributed by atoms with Crippen LogP contribution in [-0.2, 0) is 6.54 Å². The van der Waals surface area contributed by atoms with E-state index in [4.69, 9.17) is 0 Å². The van der Waals surface area contributed by atoms with Gasteiger partial charge in [0.2, 0.25) is 0 Å². The number of aliphatic hydroxyl groups is 1. The van der Waals surface area contributed by atoms with Gasteiger partial charge in [-0.3, -0.25) is 9.78 Å². The molecule has 33 heavy (non-hydrogen) atoms. The van der Waals surface area contributed by atoms with Crippen molar-refractivity contribution in [3.05, 3.63) is 66.1 Å². The number of piperidine rings is 1. The van der Waals surface area contributed by atoms with E-state index in [9.17, 15) is 9.90 Å².